The van der Waals surface area contributed by atoms with E-state index in [-0.39, 0.29) is 0 Å². The third kappa shape index (κ3) is 3.57. The summed E-state index contributed by atoms with van der Waals surface area (Å²) in [5, 5.41) is 5.13. The normalized spacial score (nSPS) is 11.7. The zero-order valence-corrected chi connectivity index (χ0v) is 22.4. The highest BCUT2D eigenvalue weighted by Gasteiger charge is 2.13. The number of fused-ring (bicyclic) bond motifs is 6. The largest absolute Gasteiger partial charge is 0.355 e. The molecular weight excluding hydrogens is 484 g/mol. The van der Waals surface area contributed by atoms with Crippen molar-refractivity contribution in [2.24, 2.45) is 0 Å². The number of aryl methyl sites for hydroxylation is 1. The van der Waals surface area contributed by atoms with Crippen molar-refractivity contribution < 1.29 is 0 Å². The van der Waals surface area contributed by atoms with Crippen LogP contribution < -0.4 is 0 Å². The number of aromatic nitrogens is 2. The summed E-state index contributed by atoms with van der Waals surface area (Å²) >= 11 is 0. The van der Waals surface area contributed by atoms with Crippen LogP contribution in [-0.2, 0) is 6.54 Å². The van der Waals surface area contributed by atoms with Crippen molar-refractivity contribution in [3.8, 4) is 33.4 Å². The van der Waals surface area contributed by atoms with Crippen molar-refractivity contribution in [3.05, 3.63) is 133 Å². The highest BCUT2D eigenvalue weighted by atomic mass is 15.0. The number of H-pyrrole nitrogens is 1. The summed E-state index contributed by atoms with van der Waals surface area (Å²) in [6, 6.07) is 48.6. The minimum absolute atomic E-state index is 0.940. The molecule has 0 aliphatic rings. The van der Waals surface area contributed by atoms with Gasteiger partial charge in [-0.15, -0.1) is 0 Å². The zero-order chi connectivity index (χ0) is 26.6. The molecule has 0 radical (unpaired) electrons. The molecule has 0 bridgehead atoms. The summed E-state index contributed by atoms with van der Waals surface area (Å²) in [4.78, 5) is 3.62. The Hall–Kier alpha value is -5.08. The van der Waals surface area contributed by atoms with Crippen LogP contribution in [0.1, 0.15) is 6.92 Å². The summed E-state index contributed by atoms with van der Waals surface area (Å²) < 4.78 is 2.43. The summed E-state index contributed by atoms with van der Waals surface area (Å²) in [6.07, 6.45) is 0. The van der Waals surface area contributed by atoms with Crippen LogP contribution in [0.5, 0.6) is 0 Å². The molecule has 0 fully saturated rings. The van der Waals surface area contributed by atoms with Crippen LogP contribution in [0.4, 0.5) is 0 Å². The van der Waals surface area contributed by atoms with E-state index in [0.29, 0.717) is 0 Å². The quantitative estimate of drug-likeness (QED) is 0.242. The molecule has 190 valence electrons. The molecule has 40 heavy (non-hydrogen) atoms. The van der Waals surface area contributed by atoms with Gasteiger partial charge in [0.25, 0.3) is 0 Å². The maximum Gasteiger partial charge on any atom is 0.0491 e. The molecule has 0 saturated heterocycles. The van der Waals surface area contributed by atoms with Crippen molar-refractivity contribution in [2.45, 2.75) is 13.5 Å². The highest BCUT2D eigenvalue weighted by Crippen LogP contribution is 2.37. The summed E-state index contributed by atoms with van der Waals surface area (Å²) in [5.41, 5.74) is 12.4. The molecule has 0 aliphatic heterocycles. The van der Waals surface area contributed by atoms with Gasteiger partial charge in [0.05, 0.1) is 0 Å². The van der Waals surface area contributed by atoms with Crippen molar-refractivity contribution in [1.29, 1.82) is 0 Å². The molecule has 6 aromatic carbocycles. The van der Waals surface area contributed by atoms with Gasteiger partial charge in [-0.1, -0.05) is 84.9 Å². The Bertz CT molecular complexity index is 2180. The highest BCUT2D eigenvalue weighted by molar-refractivity contribution is 6.12. The minimum atomic E-state index is 0.940. The van der Waals surface area contributed by atoms with E-state index in [9.17, 15) is 0 Å². The fraction of sp³-hybridized carbons (Fsp3) is 0.0526. The fourth-order valence-electron chi connectivity index (χ4n) is 6.32. The number of aromatic amines is 1. The molecule has 0 atom stereocenters. The SMILES string of the molecule is CCn1c2ccc(-c3ccccc3)cc2c2cc(-c3ccc4[nH]c5ccc(-c6ccccc6)cc5c4c3)ccc21. The smallest absolute Gasteiger partial charge is 0.0491 e. The maximum absolute atomic E-state index is 3.62. The molecule has 0 spiro atoms. The third-order valence-electron chi connectivity index (χ3n) is 8.33. The summed E-state index contributed by atoms with van der Waals surface area (Å²) in [5.74, 6) is 0. The van der Waals surface area contributed by atoms with Gasteiger partial charge in [0.15, 0.2) is 0 Å². The Balaban J connectivity index is 1.30. The van der Waals surface area contributed by atoms with Gasteiger partial charge >= 0.3 is 0 Å². The summed E-state index contributed by atoms with van der Waals surface area (Å²) in [7, 11) is 0. The van der Waals surface area contributed by atoms with Crippen LogP contribution in [-0.4, -0.2) is 9.55 Å². The predicted molar refractivity (Wildman–Crippen MR) is 171 cm³/mol. The van der Waals surface area contributed by atoms with Gasteiger partial charge in [0, 0.05) is 50.2 Å². The monoisotopic (exact) mass is 512 g/mol. The molecule has 2 nitrogen and oxygen atoms in total. The van der Waals surface area contributed by atoms with E-state index in [1.165, 1.54) is 77.0 Å². The minimum Gasteiger partial charge on any atom is -0.355 e. The Labute approximate surface area is 233 Å². The Morgan fingerprint density at radius 1 is 0.425 bits per heavy atom. The predicted octanol–water partition coefficient (Wildman–Crippen LogP) is 10.4. The average Bonchev–Trinajstić information content (AvgIpc) is 3.55. The topological polar surface area (TPSA) is 20.7 Å². The molecule has 0 unspecified atom stereocenters. The molecule has 0 amide bonds. The molecule has 0 aliphatic carbocycles. The van der Waals surface area contributed by atoms with Crippen LogP contribution in [0, 0.1) is 0 Å². The lowest BCUT2D eigenvalue weighted by molar-refractivity contribution is 0.827. The molecule has 2 heteroatoms. The lowest BCUT2D eigenvalue weighted by atomic mass is 9.98. The van der Waals surface area contributed by atoms with E-state index < -0.39 is 0 Å². The van der Waals surface area contributed by atoms with Crippen molar-refractivity contribution in [2.75, 3.05) is 0 Å². The summed E-state index contributed by atoms with van der Waals surface area (Å²) in [6.45, 7) is 3.17. The fourth-order valence-corrected chi connectivity index (χ4v) is 6.32. The van der Waals surface area contributed by atoms with Gasteiger partial charge < -0.3 is 9.55 Å². The molecule has 0 saturated carbocycles. The first-order valence-electron chi connectivity index (χ1n) is 14.0. The van der Waals surface area contributed by atoms with Crippen LogP contribution in [0.15, 0.2) is 133 Å². The van der Waals surface area contributed by atoms with E-state index in [0.717, 1.165) is 6.54 Å². The lowest BCUT2D eigenvalue weighted by Crippen LogP contribution is -1.92. The van der Waals surface area contributed by atoms with Crippen molar-refractivity contribution in [1.82, 2.24) is 9.55 Å². The van der Waals surface area contributed by atoms with Crippen LogP contribution in [0.2, 0.25) is 0 Å². The van der Waals surface area contributed by atoms with E-state index >= 15 is 0 Å². The van der Waals surface area contributed by atoms with E-state index in [1.807, 2.05) is 0 Å². The number of nitrogens with one attached hydrogen (secondary N) is 1. The molecule has 2 heterocycles. The Morgan fingerprint density at radius 3 is 1.27 bits per heavy atom. The first kappa shape index (κ1) is 22.9. The molecular formula is C38H28N2. The van der Waals surface area contributed by atoms with Crippen molar-refractivity contribution in [3.63, 3.8) is 0 Å². The standard InChI is InChI=1S/C38H28N2/c1-2-40-37-19-15-28(26-11-7-4-8-12-26)23-33(37)34-24-30(16-20-38(34)40)29-14-18-36-32(22-29)31-21-27(13-17-35(31)39-36)25-9-5-3-6-10-25/h3-24,39H,2H2,1H3. The van der Waals surface area contributed by atoms with Crippen LogP contribution in [0.25, 0.3) is 77.0 Å². The lowest BCUT2D eigenvalue weighted by Gasteiger charge is -2.06. The first-order chi connectivity index (χ1) is 19.8. The Morgan fingerprint density at radius 2 is 0.825 bits per heavy atom. The van der Waals surface area contributed by atoms with Gasteiger partial charge in [-0.05, 0) is 88.8 Å². The number of nitrogens with zero attached hydrogens (tertiary/aromatic N) is 1. The number of rotatable bonds is 4. The van der Waals surface area contributed by atoms with E-state index in [2.05, 4.69) is 150 Å². The van der Waals surface area contributed by atoms with Gasteiger partial charge in [-0.25, -0.2) is 0 Å². The molecule has 2 aromatic heterocycles. The first-order valence-corrected chi connectivity index (χ1v) is 14.0. The van der Waals surface area contributed by atoms with E-state index in [4.69, 9.17) is 0 Å². The second-order valence-corrected chi connectivity index (χ2v) is 10.6. The van der Waals surface area contributed by atoms with Crippen LogP contribution in [0.3, 0.4) is 0 Å². The number of hydrogen-bond acceptors (Lipinski definition) is 0. The molecule has 8 rings (SSSR count). The second kappa shape index (κ2) is 9.00. The van der Waals surface area contributed by atoms with E-state index in [1.54, 1.807) is 0 Å². The van der Waals surface area contributed by atoms with Crippen molar-refractivity contribution >= 4 is 43.6 Å². The van der Waals surface area contributed by atoms with Gasteiger partial charge in [-0.3, -0.25) is 0 Å². The van der Waals surface area contributed by atoms with Gasteiger partial charge in [0.2, 0.25) is 0 Å². The zero-order valence-electron chi connectivity index (χ0n) is 22.4. The second-order valence-electron chi connectivity index (χ2n) is 10.6. The van der Waals surface area contributed by atoms with Gasteiger partial charge in [-0.2, -0.15) is 0 Å². The number of benzene rings is 6. The Kier molecular flexibility index (Phi) is 5.14. The number of hydrogen-bond donors (Lipinski definition) is 1. The third-order valence-corrected chi connectivity index (χ3v) is 8.33. The van der Waals surface area contributed by atoms with Crippen LogP contribution >= 0.6 is 0 Å². The molecule has 1 N–H and O–H groups in total. The van der Waals surface area contributed by atoms with Gasteiger partial charge in [0.1, 0.15) is 0 Å². The average molecular weight is 513 g/mol. The molecule has 8 aromatic rings. The maximum atomic E-state index is 3.62.